The van der Waals surface area contributed by atoms with Crippen molar-refractivity contribution >= 4 is 17.7 Å². The van der Waals surface area contributed by atoms with E-state index in [2.05, 4.69) is 10.6 Å². The lowest BCUT2D eigenvalue weighted by molar-refractivity contribution is -0.123. The SMILES string of the molecule is O=C(NCC1(CO)CCCCC1)C1CSCN1. The minimum atomic E-state index is -0.0559. The van der Waals surface area contributed by atoms with Gasteiger partial charge in [-0.3, -0.25) is 10.1 Å². The third-order valence-corrected chi connectivity index (χ3v) is 4.86. The molecule has 1 aliphatic heterocycles. The van der Waals surface area contributed by atoms with Gasteiger partial charge in [0.1, 0.15) is 0 Å². The van der Waals surface area contributed by atoms with E-state index in [-0.39, 0.29) is 24.0 Å². The van der Waals surface area contributed by atoms with E-state index in [1.54, 1.807) is 11.8 Å². The van der Waals surface area contributed by atoms with Crippen molar-refractivity contribution in [1.82, 2.24) is 10.6 Å². The van der Waals surface area contributed by atoms with Gasteiger partial charge in [-0.2, -0.15) is 0 Å². The normalized spacial score (nSPS) is 27.9. The van der Waals surface area contributed by atoms with Crippen LogP contribution >= 0.6 is 11.8 Å². The highest BCUT2D eigenvalue weighted by Gasteiger charge is 2.32. The lowest BCUT2D eigenvalue weighted by Crippen LogP contribution is -2.47. The summed E-state index contributed by atoms with van der Waals surface area (Å²) in [5.41, 5.74) is -0.0559. The summed E-state index contributed by atoms with van der Waals surface area (Å²) in [5, 5.41) is 15.7. The van der Waals surface area contributed by atoms with Crippen LogP contribution in [0.2, 0.25) is 0 Å². The van der Waals surface area contributed by atoms with E-state index in [1.807, 2.05) is 0 Å². The molecule has 0 spiro atoms. The molecule has 2 aliphatic rings. The van der Waals surface area contributed by atoms with E-state index in [9.17, 15) is 9.90 Å². The van der Waals surface area contributed by atoms with Crippen LogP contribution in [-0.2, 0) is 4.79 Å². The Bertz CT molecular complexity index is 261. The minimum Gasteiger partial charge on any atom is -0.396 e. The number of nitrogens with one attached hydrogen (secondary N) is 2. The summed E-state index contributed by atoms with van der Waals surface area (Å²) in [4.78, 5) is 11.9. The molecule has 2 rings (SSSR count). The summed E-state index contributed by atoms with van der Waals surface area (Å²) in [6.45, 7) is 0.825. The molecule has 4 nitrogen and oxygen atoms in total. The molecule has 17 heavy (non-hydrogen) atoms. The first-order chi connectivity index (χ1) is 8.26. The van der Waals surface area contributed by atoms with Gasteiger partial charge in [0.15, 0.2) is 0 Å². The third kappa shape index (κ3) is 3.36. The molecule has 0 aromatic heterocycles. The number of rotatable bonds is 4. The monoisotopic (exact) mass is 258 g/mol. The number of carbonyl (C=O) groups excluding carboxylic acids is 1. The van der Waals surface area contributed by atoms with Crippen molar-refractivity contribution in [3.63, 3.8) is 0 Å². The Balaban J connectivity index is 1.80. The lowest BCUT2D eigenvalue weighted by atomic mass is 9.74. The number of carbonyl (C=O) groups is 1. The number of thioether (sulfide) groups is 1. The van der Waals surface area contributed by atoms with Crippen LogP contribution in [0.4, 0.5) is 0 Å². The molecular formula is C12H22N2O2S. The Hall–Kier alpha value is -0.260. The molecule has 1 atom stereocenters. The Morgan fingerprint density at radius 3 is 2.76 bits per heavy atom. The summed E-state index contributed by atoms with van der Waals surface area (Å²) in [7, 11) is 0. The van der Waals surface area contributed by atoms with Crippen LogP contribution in [0.15, 0.2) is 0 Å². The van der Waals surface area contributed by atoms with E-state index in [1.165, 1.54) is 19.3 Å². The molecule has 1 unspecified atom stereocenters. The second-order valence-electron chi connectivity index (χ2n) is 5.21. The second kappa shape index (κ2) is 6.07. The summed E-state index contributed by atoms with van der Waals surface area (Å²) >= 11 is 1.76. The molecule has 1 heterocycles. The first-order valence-electron chi connectivity index (χ1n) is 6.45. The van der Waals surface area contributed by atoms with E-state index < -0.39 is 0 Å². The summed E-state index contributed by atoms with van der Waals surface area (Å²) in [6.07, 6.45) is 5.69. The second-order valence-corrected chi connectivity index (χ2v) is 6.24. The molecule has 3 N–H and O–H groups in total. The molecule has 1 saturated carbocycles. The van der Waals surface area contributed by atoms with Crippen molar-refractivity contribution in [1.29, 1.82) is 0 Å². The summed E-state index contributed by atoms with van der Waals surface area (Å²) < 4.78 is 0. The molecule has 0 radical (unpaired) electrons. The zero-order chi connectivity index (χ0) is 12.1. The molecular weight excluding hydrogens is 236 g/mol. The van der Waals surface area contributed by atoms with E-state index >= 15 is 0 Å². The molecule has 98 valence electrons. The molecule has 0 aromatic carbocycles. The van der Waals surface area contributed by atoms with Crippen LogP contribution in [0.5, 0.6) is 0 Å². The average Bonchev–Trinajstić information content (AvgIpc) is 2.91. The van der Waals surface area contributed by atoms with Crippen molar-refractivity contribution in [2.24, 2.45) is 5.41 Å². The van der Waals surface area contributed by atoms with Crippen LogP contribution in [0.25, 0.3) is 0 Å². The molecule has 1 saturated heterocycles. The maximum atomic E-state index is 11.9. The van der Waals surface area contributed by atoms with Gasteiger partial charge in [-0.05, 0) is 12.8 Å². The van der Waals surface area contributed by atoms with E-state index in [0.717, 1.165) is 24.5 Å². The van der Waals surface area contributed by atoms with E-state index in [0.29, 0.717) is 6.54 Å². The molecule has 2 fully saturated rings. The quantitative estimate of drug-likeness (QED) is 0.695. The zero-order valence-corrected chi connectivity index (χ0v) is 11.0. The Morgan fingerprint density at radius 1 is 1.41 bits per heavy atom. The van der Waals surface area contributed by atoms with Gasteiger partial charge >= 0.3 is 0 Å². The topological polar surface area (TPSA) is 61.4 Å². The molecule has 1 amide bonds. The van der Waals surface area contributed by atoms with Crippen molar-refractivity contribution in [2.45, 2.75) is 38.1 Å². The maximum absolute atomic E-state index is 11.9. The van der Waals surface area contributed by atoms with Crippen molar-refractivity contribution in [3.05, 3.63) is 0 Å². The predicted octanol–water partition coefficient (Wildman–Crippen LogP) is 0.708. The van der Waals surface area contributed by atoms with Gasteiger partial charge in [0.05, 0.1) is 12.6 Å². The average molecular weight is 258 g/mol. The van der Waals surface area contributed by atoms with Gasteiger partial charge in [-0.1, -0.05) is 19.3 Å². The minimum absolute atomic E-state index is 0.0423. The van der Waals surface area contributed by atoms with Gasteiger partial charge in [-0.25, -0.2) is 0 Å². The van der Waals surface area contributed by atoms with Gasteiger partial charge in [0, 0.05) is 23.6 Å². The van der Waals surface area contributed by atoms with Crippen molar-refractivity contribution < 1.29 is 9.90 Å². The van der Waals surface area contributed by atoms with Crippen LogP contribution in [0.1, 0.15) is 32.1 Å². The summed E-state index contributed by atoms with van der Waals surface area (Å²) in [5.74, 6) is 1.81. The molecule has 5 heteroatoms. The number of aliphatic hydroxyl groups is 1. The molecule has 1 aliphatic carbocycles. The van der Waals surface area contributed by atoms with Gasteiger partial charge in [0.25, 0.3) is 0 Å². The fourth-order valence-corrected chi connectivity index (χ4v) is 3.60. The van der Waals surface area contributed by atoms with E-state index in [4.69, 9.17) is 0 Å². The Morgan fingerprint density at radius 2 is 2.18 bits per heavy atom. The van der Waals surface area contributed by atoms with Crippen LogP contribution in [0.3, 0.4) is 0 Å². The largest absolute Gasteiger partial charge is 0.396 e. The highest BCUT2D eigenvalue weighted by Crippen LogP contribution is 2.35. The first-order valence-corrected chi connectivity index (χ1v) is 7.61. The van der Waals surface area contributed by atoms with Crippen LogP contribution < -0.4 is 10.6 Å². The van der Waals surface area contributed by atoms with Crippen LogP contribution in [-0.4, -0.2) is 41.8 Å². The maximum Gasteiger partial charge on any atom is 0.238 e. The Kier molecular flexibility index (Phi) is 4.70. The van der Waals surface area contributed by atoms with Gasteiger partial charge in [0.2, 0.25) is 5.91 Å². The van der Waals surface area contributed by atoms with Gasteiger partial charge in [-0.15, -0.1) is 11.8 Å². The lowest BCUT2D eigenvalue weighted by Gasteiger charge is -2.35. The molecule has 0 bridgehead atoms. The van der Waals surface area contributed by atoms with Crippen molar-refractivity contribution in [2.75, 3.05) is 24.8 Å². The smallest absolute Gasteiger partial charge is 0.238 e. The standard InChI is InChI=1S/C12H22N2O2S/c15-8-12(4-2-1-3-5-12)7-13-11(16)10-6-17-9-14-10/h10,14-15H,1-9H2,(H,13,16). The number of amides is 1. The highest BCUT2D eigenvalue weighted by molar-refractivity contribution is 7.99. The third-order valence-electron chi connectivity index (χ3n) is 3.92. The fourth-order valence-electron chi connectivity index (χ4n) is 2.65. The number of hydrogen-bond acceptors (Lipinski definition) is 4. The van der Waals surface area contributed by atoms with Crippen molar-refractivity contribution in [3.8, 4) is 0 Å². The number of aliphatic hydroxyl groups excluding tert-OH is 1. The Labute approximate surface area is 107 Å². The first kappa shape index (κ1) is 13.2. The number of hydrogen-bond donors (Lipinski definition) is 3. The molecule has 0 aromatic rings. The summed E-state index contributed by atoms with van der Waals surface area (Å²) in [6, 6.07) is -0.0423. The van der Waals surface area contributed by atoms with Gasteiger partial charge < -0.3 is 10.4 Å². The fraction of sp³-hybridized carbons (Fsp3) is 0.917. The highest BCUT2D eigenvalue weighted by atomic mass is 32.2. The zero-order valence-electron chi connectivity index (χ0n) is 10.2. The predicted molar refractivity (Wildman–Crippen MR) is 69.9 cm³/mol. The van der Waals surface area contributed by atoms with Crippen LogP contribution in [0, 0.1) is 5.41 Å².